The first kappa shape index (κ1) is 13.4. The lowest BCUT2D eigenvalue weighted by molar-refractivity contribution is -0.124. The van der Waals surface area contributed by atoms with Crippen LogP contribution in [0, 0.1) is 5.92 Å². The van der Waals surface area contributed by atoms with E-state index in [-0.39, 0.29) is 23.9 Å². The Labute approximate surface area is 87.4 Å². The fourth-order valence-electron chi connectivity index (χ4n) is 1.33. The van der Waals surface area contributed by atoms with E-state index in [1.165, 1.54) is 0 Å². The van der Waals surface area contributed by atoms with Crippen molar-refractivity contribution in [1.29, 1.82) is 0 Å². The molecule has 0 radical (unpaired) electrons. The Kier molecular flexibility index (Phi) is 6.54. The highest BCUT2D eigenvalue weighted by atomic mass is 16.2. The summed E-state index contributed by atoms with van der Waals surface area (Å²) in [5, 5.41) is 2.98. The van der Waals surface area contributed by atoms with E-state index in [9.17, 15) is 4.79 Å². The Morgan fingerprint density at radius 2 is 1.93 bits per heavy atom. The van der Waals surface area contributed by atoms with E-state index in [1.807, 2.05) is 13.8 Å². The Morgan fingerprint density at radius 3 is 2.29 bits per heavy atom. The highest BCUT2D eigenvalue weighted by Crippen LogP contribution is 2.03. The summed E-state index contributed by atoms with van der Waals surface area (Å²) < 4.78 is 0. The first-order valence-electron chi connectivity index (χ1n) is 5.58. The number of nitrogens with two attached hydrogens (primary N) is 1. The molecule has 1 amide bonds. The SMILES string of the molecule is CCCC(CC)NC(=O)[C@H](N)C(C)C. The van der Waals surface area contributed by atoms with Gasteiger partial charge < -0.3 is 11.1 Å². The van der Waals surface area contributed by atoms with Crippen LogP contribution in [0.2, 0.25) is 0 Å². The number of hydrogen-bond donors (Lipinski definition) is 2. The third kappa shape index (κ3) is 4.61. The molecule has 0 aliphatic rings. The van der Waals surface area contributed by atoms with Gasteiger partial charge in [-0.15, -0.1) is 0 Å². The summed E-state index contributed by atoms with van der Waals surface area (Å²) >= 11 is 0. The third-order valence-corrected chi connectivity index (χ3v) is 2.50. The summed E-state index contributed by atoms with van der Waals surface area (Å²) in [5.74, 6) is 0.189. The van der Waals surface area contributed by atoms with E-state index in [1.54, 1.807) is 0 Å². The fraction of sp³-hybridized carbons (Fsp3) is 0.909. The molecule has 84 valence electrons. The predicted molar refractivity (Wildman–Crippen MR) is 59.9 cm³/mol. The first-order valence-corrected chi connectivity index (χ1v) is 5.58. The molecular weight excluding hydrogens is 176 g/mol. The Morgan fingerprint density at radius 1 is 1.36 bits per heavy atom. The number of carbonyl (C=O) groups is 1. The van der Waals surface area contributed by atoms with Gasteiger partial charge in [0, 0.05) is 6.04 Å². The van der Waals surface area contributed by atoms with Gasteiger partial charge in [-0.2, -0.15) is 0 Å². The highest BCUT2D eigenvalue weighted by molar-refractivity contribution is 5.81. The van der Waals surface area contributed by atoms with Crippen LogP contribution in [-0.4, -0.2) is 18.0 Å². The minimum atomic E-state index is -0.374. The highest BCUT2D eigenvalue weighted by Gasteiger charge is 2.19. The Bertz CT molecular complexity index is 169. The van der Waals surface area contributed by atoms with Crippen LogP contribution in [0.4, 0.5) is 0 Å². The van der Waals surface area contributed by atoms with E-state index >= 15 is 0 Å². The van der Waals surface area contributed by atoms with Crippen molar-refractivity contribution in [1.82, 2.24) is 5.32 Å². The summed E-state index contributed by atoms with van der Waals surface area (Å²) in [6.45, 7) is 8.13. The van der Waals surface area contributed by atoms with Crippen molar-refractivity contribution in [2.45, 2.75) is 59.0 Å². The maximum atomic E-state index is 11.6. The molecule has 3 heteroatoms. The largest absolute Gasteiger partial charge is 0.352 e. The van der Waals surface area contributed by atoms with Crippen molar-refractivity contribution in [3.63, 3.8) is 0 Å². The fourth-order valence-corrected chi connectivity index (χ4v) is 1.33. The minimum absolute atomic E-state index is 0.0136. The molecule has 1 unspecified atom stereocenters. The zero-order valence-corrected chi connectivity index (χ0v) is 9.84. The van der Waals surface area contributed by atoms with Crippen molar-refractivity contribution in [2.75, 3.05) is 0 Å². The van der Waals surface area contributed by atoms with E-state index < -0.39 is 0 Å². The standard InChI is InChI=1S/C11H24N2O/c1-5-7-9(6-2)13-11(14)10(12)8(3)4/h8-10H,5-7,12H2,1-4H3,(H,13,14)/t9?,10-/m1/s1. The molecule has 0 aliphatic carbocycles. The predicted octanol–water partition coefficient (Wildman–Crippen LogP) is 1.66. The topological polar surface area (TPSA) is 55.1 Å². The average molecular weight is 200 g/mol. The third-order valence-electron chi connectivity index (χ3n) is 2.50. The molecule has 3 N–H and O–H groups in total. The van der Waals surface area contributed by atoms with Gasteiger partial charge in [-0.25, -0.2) is 0 Å². The van der Waals surface area contributed by atoms with Crippen LogP contribution in [0.1, 0.15) is 47.0 Å². The molecule has 0 heterocycles. The molecule has 0 aromatic heterocycles. The lowest BCUT2D eigenvalue weighted by Crippen LogP contribution is -2.47. The lowest BCUT2D eigenvalue weighted by atomic mass is 10.0. The zero-order valence-electron chi connectivity index (χ0n) is 9.84. The Hall–Kier alpha value is -0.570. The summed E-state index contributed by atoms with van der Waals surface area (Å²) in [7, 11) is 0. The van der Waals surface area contributed by atoms with Crippen LogP contribution >= 0.6 is 0 Å². The van der Waals surface area contributed by atoms with Crippen LogP contribution in [0.25, 0.3) is 0 Å². The summed E-state index contributed by atoms with van der Waals surface area (Å²) in [5.41, 5.74) is 5.75. The lowest BCUT2D eigenvalue weighted by Gasteiger charge is -2.21. The second-order valence-corrected chi connectivity index (χ2v) is 4.17. The van der Waals surface area contributed by atoms with E-state index in [2.05, 4.69) is 19.2 Å². The summed E-state index contributed by atoms with van der Waals surface area (Å²) in [6.07, 6.45) is 3.10. The molecule has 0 aliphatic heterocycles. The number of nitrogens with one attached hydrogen (secondary N) is 1. The molecule has 0 aromatic rings. The molecule has 14 heavy (non-hydrogen) atoms. The summed E-state index contributed by atoms with van der Waals surface area (Å²) in [6, 6.07) is -0.0850. The van der Waals surface area contributed by atoms with E-state index in [0.717, 1.165) is 19.3 Å². The molecule has 0 rings (SSSR count). The molecule has 0 fully saturated rings. The molecule has 3 nitrogen and oxygen atoms in total. The summed E-state index contributed by atoms with van der Waals surface area (Å²) in [4.78, 5) is 11.6. The minimum Gasteiger partial charge on any atom is -0.352 e. The van der Waals surface area contributed by atoms with Gasteiger partial charge in [-0.1, -0.05) is 34.1 Å². The molecule has 0 saturated heterocycles. The maximum Gasteiger partial charge on any atom is 0.237 e. The van der Waals surface area contributed by atoms with Crippen LogP contribution in [-0.2, 0) is 4.79 Å². The van der Waals surface area contributed by atoms with E-state index in [0.29, 0.717) is 0 Å². The van der Waals surface area contributed by atoms with Crippen LogP contribution in [0.3, 0.4) is 0 Å². The van der Waals surface area contributed by atoms with Crippen molar-refractivity contribution in [2.24, 2.45) is 11.7 Å². The molecule has 0 bridgehead atoms. The van der Waals surface area contributed by atoms with Crippen molar-refractivity contribution in [3.8, 4) is 0 Å². The van der Waals surface area contributed by atoms with Gasteiger partial charge in [0.05, 0.1) is 6.04 Å². The second kappa shape index (κ2) is 6.82. The van der Waals surface area contributed by atoms with Crippen molar-refractivity contribution in [3.05, 3.63) is 0 Å². The van der Waals surface area contributed by atoms with Crippen LogP contribution in [0.5, 0.6) is 0 Å². The Balaban J connectivity index is 4.01. The molecular formula is C11H24N2O. The van der Waals surface area contributed by atoms with Gasteiger partial charge in [0.25, 0.3) is 0 Å². The van der Waals surface area contributed by atoms with Gasteiger partial charge in [0.1, 0.15) is 0 Å². The van der Waals surface area contributed by atoms with E-state index in [4.69, 9.17) is 5.73 Å². The number of hydrogen-bond acceptors (Lipinski definition) is 2. The van der Waals surface area contributed by atoms with Gasteiger partial charge >= 0.3 is 0 Å². The van der Waals surface area contributed by atoms with Gasteiger partial charge in [-0.05, 0) is 18.8 Å². The van der Waals surface area contributed by atoms with Crippen LogP contribution in [0.15, 0.2) is 0 Å². The molecule has 2 atom stereocenters. The van der Waals surface area contributed by atoms with Crippen molar-refractivity contribution < 1.29 is 4.79 Å². The smallest absolute Gasteiger partial charge is 0.237 e. The number of rotatable bonds is 6. The quantitative estimate of drug-likeness (QED) is 0.685. The van der Waals surface area contributed by atoms with Gasteiger partial charge in [-0.3, -0.25) is 4.79 Å². The first-order chi connectivity index (χ1) is 6.52. The maximum absolute atomic E-state index is 11.6. The normalized spacial score (nSPS) is 15.3. The second-order valence-electron chi connectivity index (χ2n) is 4.17. The number of carbonyl (C=O) groups excluding carboxylic acids is 1. The van der Waals surface area contributed by atoms with Gasteiger partial charge in [0.15, 0.2) is 0 Å². The zero-order chi connectivity index (χ0) is 11.1. The monoisotopic (exact) mass is 200 g/mol. The number of amides is 1. The van der Waals surface area contributed by atoms with Crippen LogP contribution < -0.4 is 11.1 Å². The average Bonchev–Trinajstić information content (AvgIpc) is 2.15. The van der Waals surface area contributed by atoms with Gasteiger partial charge in [0.2, 0.25) is 5.91 Å². The molecule has 0 aromatic carbocycles. The molecule has 0 spiro atoms. The molecule has 0 saturated carbocycles. The van der Waals surface area contributed by atoms with Crippen molar-refractivity contribution >= 4 is 5.91 Å².